The molecule has 1 aliphatic heterocycles. The Morgan fingerprint density at radius 1 is 1.41 bits per heavy atom. The van der Waals surface area contributed by atoms with Gasteiger partial charge in [-0.1, -0.05) is 0 Å². The topological polar surface area (TPSA) is 95.7 Å². The average Bonchev–Trinajstić information content (AvgIpc) is 2.77. The fourth-order valence-electron chi connectivity index (χ4n) is 1.97. The van der Waals surface area contributed by atoms with Gasteiger partial charge in [-0.2, -0.15) is 0 Å². The molecule has 1 fully saturated rings. The summed E-state index contributed by atoms with van der Waals surface area (Å²) in [5.74, 6) is -1.45. The molecule has 1 heterocycles. The van der Waals surface area contributed by atoms with Crippen molar-refractivity contribution in [3.05, 3.63) is 0 Å². The maximum atomic E-state index is 11.5. The highest BCUT2D eigenvalue weighted by molar-refractivity contribution is 5.85. The molecular formula is C11H21N3O3. The van der Waals surface area contributed by atoms with Crippen LogP contribution in [0.3, 0.4) is 0 Å². The summed E-state index contributed by atoms with van der Waals surface area (Å²) in [7, 11) is 0. The first kappa shape index (κ1) is 13.9. The van der Waals surface area contributed by atoms with Crippen LogP contribution in [0.1, 0.15) is 26.2 Å². The molecule has 1 rings (SSSR count). The summed E-state index contributed by atoms with van der Waals surface area (Å²) in [6.45, 7) is 4.71. The largest absolute Gasteiger partial charge is 0.481 e. The fourth-order valence-corrected chi connectivity index (χ4v) is 1.97. The second-order valence-electron chi connectivity index (χ2n) is 4.54. The van der Waals surface area contributed by atoms with E-state index in [1.54, 1.807) is 0 Å². The number of amides is 1. The Kier molecular flexibility index (Phi) is 5.37. The number of aliphatic carboxylic acids is 1. The van der Waals surface area contributed by atoms with Gasteiger partial charge < -0.3 is 16.2 Å². The highest BCUT2D eigenvalue weighted by Gasteiger charge is 2.21. The molecule has 4 N–H and O–H groups in total. The van der Waals surface area contributed by atoms with Gasteiger partial charge in [0.15, 0.2) is 0 Å². The van der Waals surface area contributed by atoms with E-state index in [-0.39, 0.29) is 12.5 Å². The molecule has 0 spiro atoms. The van der Waals surface area contributed by atoms with Crippen LogP contribution in [-0.2, 0) is 9.59 Å². The lowest BCUT2D eigenvalue weighted by atomic mass is 10.2. The first-order chi connectivity index (χ1) is 8.00. The molecule has 98 valence electrons. The summed E-state index contributed by atoms with van der Waals surface area (Å²) in [4.78, 5) is 24.2. The molecule has 1 aliphatic rings. The summed E-state index contributed by atoms with van der Waals surface area (Å²) >= 11 is 0. The van der Waals surface area contributed by atoms with E-state index in [1.165, 1.54) is 12.8 Å². The third kappa shape index (κ3) is 4.70. The molecule has 2 unspecified atom stereocenters. The Balaban J connectivity index is 2.24. The number of carboxylic acid groups (broad SMARTS) is 1. The monoisotopic (exact) mass is 243 g/mol. The van der Waals surface area contributed by atoms with Crippen LogP contribution in [0.25, 0.3) is 0 Å². The van der Waals surface area contributed by atoms with E-state index >= 15 is 0 Å². The summed E-state index contributed by atoms with van der Waals surface area (Å²) in [6, 6.07) is -0.684. The molecule has 2 atom stereocenters. The highest BCUT2D eigenvalue weighted by Crippen LogP contribution is 2.10. The van der Waals surface area contributed by atoms with Crippen LogP contribution in [0.4, 0.5) is 0 Å². The van der Waals surface area contributed by atoms with Crippen molar-refractivity contribution in [2.45, 2.75) is 38.3 Å². The molecule has 0 aromatic carbocycles. The minimum Gasteiger partial charge on any atom is -0.481 e. The zero-order chi connectivity index (χ0) is 12.8. The molecule has 0 radical (unpaired) electrons. The lowest BCUT2D eigenvalue weighted by molar-refractivity contribution is -0.139. The van der Waals surface area contributed by atoms with Gasteiger partial charge in [0, 0.05) is 12.6 Å². The van der Waals surface area contributed by atoms with Crippen molar-refractivity contribution in [1.82, 2.24) is 10.2 Å². The van der Waals surface area contributed by atoms with E-state index in [1.807, 2.05) is 6.92 Å². The van der Waals surface area contributed by atoms with E-state index in [4.69, 9.17) is 10.8 Å². The highest BCUT2D eigenvalue weighted by atomic mass is 16.4. The minimum absolute atomic E-state index is 0.276. The van der Waals surface area contributed by atoms with Gasteiger partial charge in [-0.25, -0.2) is 0 Å². The van der Waals surface area contributed by atoms with Gasteiger partial charge in [-0.3, -0.25) is 14.5 Å². The minimum atomic E-state index is -1.06. The van der Waals surface area contributed by atoms with Crippen molar-refractivity contribution >= 4 is 11.9 Å². The summed E-state index contributed by atoms with van der Waals surface area (Å²) < 4.78 is 0. The molecular weight excluding hydrogens is 222 g/mol. The molecule has 0 aromatic heterocycles. The fraction of sp³-hybridized carbons (Fsp3) is 0.818. The van der Waals surface area contributed by atoms with Crippen molar-refractivity contribution in [2.75, 3.05) is 19.6 Å². The van der Waals surface area contributed by atoms with Gasteiger partial charge >= 0.3 is 5.97 Å². The Morgan fingerprint density at radius 3 is 2.53 bits per heavy atom. The van der Waals surface area contributed by atoms with E-state index in [0.29, 0.717) is 6.54 Å². The molecule has 0 saturated carbocycles. The Hall–Kier alpha value is -1.14. The number of nitrogens with one attached hydrogen (secondary N) is 1. The van der Waals surface area contributed by atoms with Crippen LogP contribution < -0.4 is 11.1 Å². The van der Waals surface area contributed by atoms with E-state index in [2.05, 4.69) is 10.2 Å². The molecule has 1 saturated heterocycles. The van der Waals surface area contributed by atoms with Gasteiger partial charge in [-0.05, 0) is 32.9 Å². The molecule has 6 nitrogen and oxygen atoms in total. The summed E-state index contributed by atoms with van der Waals surface area (Å²) in [5, 5.41) is 11.2. The normalized spacial score (nSPS) is 19.9. The van der Waals surface area contributed by atoms with Gasteiger partial charge in [0.1, 0.15) is 0 Å². The maximum absolute atomic E-state index is 11.5. The number of nitrogens with two attached hydrogens (primary N) is 1. The van der Waals surface area contributed by atoms with E-state index < -0.39 is 17.9 Å². The van der Waals surface area contributed by atoms with Gasteiger partial charge in [-0.15, -0.1) is 0 Å². The first-order valence-electron chi connectivity index (χ1n) is 6.00. The third-order valence-corrected chi connectivity index (χ3v) is 3.07. The quantitative estimate of drug-likeness (QED) is 0.578. The lowest BCUT2D eigenvalue weighted by Crippen LogP contribution is -2.47. The van der Waals surface area contributed by atoms with Crippen LogP contribution in [0.5, 0.6) is 0 Å². The SMILES string of the molecule is CC(CNC(=O)C(N)CC(=O)O)N1CCCC1. The number of likely N-dealkylation sites (tertiary alicyclic amines) is 1. The number of hydrogen-bond acceptors (Lipinski definition) is 4. The van der Waals surface area contributed by atoms with Crippen molar-refractivity contribution in [2.24, 2.45) is 5.73 Å². The van der Waals surface area contributed by atoms with Gasteiger partial charge in [0.05, 0.1) is 12.5 Å². The Bertz CT molecular complexity index is 277. The second kappa shape index (κ2) is 6.56. The van der Waals surface area contributed by atoms with Gasteiger partial charge in [0.2, 0.25) is 5.91 Å². The van der Waals surface area contributed by atoms with Crippen molar-refractivity contribution in [1.29, 1.82) is 0 Å². The van der Waals surface area contributed by atoms with E-state index in [0.717, 1.165) is 13.1 Å². The zero-order valence-electron chi connectivity index (χ0n) is 10.2. The van der Waals surface area contributed by atoms with Crippen LogP contribution in [-0.4, -0.2) is 53.6 Å². The molecule has 1 amide bonds. The molecule has 17 heavy (non-hydrogen) atoms. The Morgan fingerprint density at radius 2 is 2.00 bits per heavy atom. The molecule has 0 aliphatic carbocycles. The predicted molar refractivity (Wildman–Crippen MR) is 63.5 cm³/mol. The van der Waals surface area contributed by atoms with Crippen LogP contribution in [0.15, 0.2) is 0 Å². The first-order valence-corrected chi connectivity index (χ1v) is 6.00. The number of carbonyl (C=O) groups excluding carboxylic acids is 1. The standard InChI is InChI=1S/C11H21N3O3/c1-8(14-4-2-3-5-14)7-13-11(17)9(12)6-10(15)16/h8-9H,2-7,12H2,1H3,(H,13,17)(H,15,16). The maximum Gasteiger partial charge on any atom is 0.305 e. The number of hydrogen-bond donors (Lipinski definition) is 3. The van der Waals surface area contributed by atoms with Crippen LogP contribution in [0, 0.1) is 0 Å². The number of carboxylic acids is 1. The number of nitrogens with zero attached hydrogens (tertiary/aromatic N) is 1. The van der Waals surface area contributed by atoms with Gasteiger partial charge in [0.25, 0.3) is 0 Å². The smallest absolute Gasteiger partial charge is 0.305 e. The second-order valence-corrected chi connectivity index (χ2v) is 4.54. The lowest BCUT2D eigenvalue weighted by Gasteiger charge is -2.24. The van der Waals surface area contributed by atoms with Crippen LogP contribution >= 0.6 is 0 Å². The van der Waals surface area contributed by atoms with Crippen molar-refractivity contribution < 1.29 is 14.7 Å². The number of carbonyl (C=O) groups is 2. The summed E-state index contributed by atoms with van der Waals surface area (Å²) in [5.41, 5.74) is 5.45. The Labute approximate surface area is 101 Å². The summed E-state index contributed by atoms with van der Waals surface area (Å²) in [6.07, 6.45) is 2.08. The van der Waals surface area contributed by atoms with Crippen molar-refractivity contribution in [3.8, 4) is 0 Å². The van der Waals surface area contributed by atoms with Crippen molar-refractivity contribution in [3.63, 3.8) is 0 Å². The molecule has 6 heteroatoms. The van der Waals surface area contributed by atoms with Crippen LogP contribution in [0.2, 0.25) is 0 Å². The molecule has 0 bridgehead atoms. The molecule has 0 aromatic rings. The predicted octanol–water partition coefficient (Wildman–Crippen LogP) is -0.611. The van der Waals surface area contributed by atoms with E-state index in [9.17, 15) is 9.59 Å². The average molecular weight is 243 g/mol. The third-order valence-electron chi connectivity index (χ3n) is 3.07. The zero-order valence-corrected chi connectivity index (χ0v) is 10.2. The number of rotatable bonds is 6.